The molecule has 0 spiro atoms. The summed E-state index contributed by atoms with van der Waals surface area (Å²) in [5, 5.41) is 2.89. The highest BCUT2D eigenvalue weighted by atomic mass is 19.4. The van der Waals surface area contributed by atoms with Crippen LogP contribution < -0.4 is 10.2 Å². The van der Waals surface area contributed by atoms with Crippen LogP contribution in [0.1, 0.15) is 11.1 Å². The molecule has 1 aliphatic rings. The van der Waals surface area contributed by atoms with Gasteiger partial charge in [-0.3, -0.25) is 0 Å². The van der Waals surface area contributed by atoms with E-state index in [1.807, 2.05) is 29.2 Å². The van der Waals surface area contributed by atoms with Crippen LogP contribution in [0.5, 0.6) is 0 Å². The maximum Gasteiger partial charge on any atom is 0.417 e. The average Bonchev–Trinajstić information content (AvgIpc) is 2.69. The number of pyridine rings is 1. The van der Waals surface area contributed by atoms with E-state index in [9.17, 15) is 18.0 Å². The van der Waals surface area contributed by atoms with Gasteiger partial charge in [-0.1, -0.05) is 18.2 Å². The zero-order valence-electron chi connectivity index (χ0n) is 15.4. The Morgan fingerprint density at radius 3 is 2.46 bits per heavy atom. The highest BCUT2D eigenvalue weighted by molar-refractivity contribution is 5.90. The molecule has 6 nitrogen and oxygen atoms in total. The number of ether oxygens (including phenoxy) is 1. The fourth-order valence-electron chi connectivity index (χ4n) is 3.00. The van der Waals surface area contributed by atoms with E-state index in [-0.39, 0.29) is 6.03 Å². The van der Waals surface area contributed by atoms with Crippen LogP contribution in [0.15, 0.2) is 42.6 Å². The number of benzene rings is 1. The minimum absolute atomic E-state index is 0.219. The molecule has 1 saturated heterocycles. The van der Waals surface area contributed by atoms with Gasteiger partial charge in [0.25, 0.3) is 0 Å². The fraction of sp³-hybridized carbons (Fsp3) is 0.368. The molecule has 0 radical (unpaired) electrons. The molecular formula is C19H21F3N4O2. The molecule has 1 aromatic carbocycles. The van der Waals surface area contributed by atoms with Gasteiger partial charge in [-0.25, -0.2) is 9.78 Å². The van der Waals surface area contributed by atoms with Gasteiger partial charge in [-0.15, -0.1) is 0 Å². The van der Waals surface area contributed by atoms with Crippen LogP contribution >= 0.6 is 0 Å². The van der Waals surface area contributed by atoms with Crippen LogP contribution in [-0.2, 0) is 17.5 Å². The number of carbonyl (C=O) groups excluding carboxylic acids is 1. The highest BCUT2D eigenvalue weighted by Gasteiger charge is 2.31. The molecule has 0 bridgehead atoms. The summed E-state index contributed by atoms with van der Waals surface area (Å²) in [5.74, 6) is 0.471. The molecule has 1 fully saturated rings. The Morgan fingerprint density at radius 1 is 1.14 bits per heavy atom. The van der Waals surface area contributed by atoms with Gasteiger partial charge in [-0.2, -0.15) is 13.2 Å². The maximum atomic E-state index is 12.6. The summed E-state index contributed by atoms with van der Waals surface area (Å²) in [4.78, 5) is 20.0. The largest absolute Gasteiger partial charge is 0.417 e. The van der Waals surface area contributed by atoms with Crippen molar-refractivity contribution in [2.45, 2.75) is 12.8 Å². The third kappa shape index (κ3) is 4.72. The molecule has 2 aromatic rings. The van der Waals surface area contributed by atoms with E-state index in [2.05, 4.69) is 10.3 Å². The Bertz CT molecular complexity index is 804. The third-order valence-electron chi connectivity index (χ3n) is 4.52. The molecule has 28 heavy (non-hydrogen) atoms. The Hall–Kier alpha value is -2.81. The van der Waals surface area contributed by atoms with E-state index in [0.29, 0.717) is 44.3 Å². The van der Waals surface area contributed by atoms with Crippen LogP contribution in [-0.4, -0.2) is 49.2 Å². The molecule has 3 rings (SSSR count). The van der Waals surface area contributed by atoms with Gasteiger partial charge < -0.3 is 19.9 Å². The molecule has 1 aliphatic heterocycles. The van der Waals surface area contributed by atoms with E-state index in [0.717, 1.165) is 17.8 Å². The predicted octanol–water partition coefficient (Wildman–Crippen LogP) is 3.60. The molecule has 1 aromatic heterocycles. The molecule has 1 N–H and O–H groups in total. The van der Waals surface area contributed by atoms with Crippen molar-refractivity contribution in [1.82, 2.24) is 9.88 Å². The number of para-hydroxylation sites is 1. The van der Waals surface area contributed by atoms with Gasteiger partial charge in [0.05, 0.1) is 12.2 Å². The first kappa shape index (κ1) is 19.9. The summed E-state index contributed by atoms with van der Waals surface area (Å²) in [6, 6.07) is 9.57. The van der Waals surface area contributed by atoms with Crippen molar-refractivity contribution in [3.8, 4) is 0 Å². The standard InChI is InChI=1S/C19H21F3N4O2/c1-28-13-14-4-2-3-5-16(14)24-18(27)26-10-8-25(9-11-26)17-7-6-15(12-23-17)19(20,21)22/h2-7,12H,8-11,13H2,1H3,(H,24,27). The maximum absolute atomic E-state index is 12.6. The first-order valence-corrected chi connectivity index (χ1v) is 8.79. The first-order valence-electron chi connectivity index (χ1n) is 8.79. The lowest BCUT2D eigenvalue weighted by Gasteiger charge is -2.35. The van der Waals surface area contributed by atoms with Crippen molar-refractivity contribution in [2.24, 2.45) is 0 Å². The summed E-state index contributed by atoms with van der Waals surface area (Å²) in [6.45, 7) is 2.27. The van der Waals surface area contributed by atoms with Crippen molar-refractivity contribution in [3.63, 3.8) is 0 Å². The van der Waals surface area contributed by atoms with Crippen molar-refractivity contribution in [1.29, 1.82) is 0 Å². The molecule has 0 unspecified atom stereocenters. The Balaban J connectivity index is 1.57. The SMILES string of the molecule is COCc1ccccc1NC(=O)N1CCN(c2ccc(C(F)(F)F)cn2)CC1. The zero-order chi connectivity index (χ0) is 20.1. The minimum atomic E-state index is -4.40. The molecule has 2 amide bonds. The molecule has 9 heteroatoms. The van der Waals surface area contributed by atoms with Gasteiger partial charge in [0.15, 0.2) is 0 Å². The molecule has 0 aliphatic carbocycles. The molecule has 0 saturated carbocycles. The number of aromatic nitrogens is 1. The Labute approximate surface area is 160 Å². The van der Waals surface area contributed by atoms with Crippen molar-refractivity contribution in [3.05, 3.63) is 53.7 Å². The second kappa shape index (κ2) is 8.47. The van der Waals surface area contributed by atoms with Gasteiger partial charge in [-0.05, 0) is 18.2 Å². The summed E-state index contributed by atoms with van der Waals surface area (Å²) >= 11 is 0. The second-order valence-electron chi connectivity index (χ2n) is 6.40. The second-order valence-corrected chi connectivity index (χ2v) is 6.40. The molecular weight excluding hydrogens is 373 g/mol. The summed E-state index contributed by atoms with van der Waals surface area (Å²) in [6.07, 6.45) is -3.57. The first-order chi connectivity index (χ1) is 13.4. The lowest BCUT2D eigenvalue weighted by atomic mass is 10.2. The normalized spacial score (nSPS) is 14.9. The molecule has 0 atom stereocenters. The van der Waals surface area contributed by atoms with Crippen LogP contribution in [0.2, 0.25) is 0 Å². The van der Waals surface area contributed by atoms with Gasteiger partial charge in [0.2, 0.25) is 0 Å². The predicted molar refractivity (Wildman–Crippen MR) is 99.2 cm³/mol. The number of methoxy groups -OCH3 is 1. The third-order valence-corrected chi connectivity index (χ3v) is 4.52. The van der Waals surface area contributed by atoms with E-state index in [1.165, 1.54) is 6.07 Å². The van der Waals surface area contributed by atoms with Gasteiger partial charge in [0.1, 0.15) is 5.82 Å². The van der Waals surface area contributed by atoms with Crippen LogP contribution in [0.3, 0.4) is 0 Å². The molecule has 2 heterocycles. The van der Waals surface area contributed by atoms with Crippen molar-refractivity contribution >= 4 is 17.5 Å². The molecule has 150 valence electrons. The van der Waals surface area contributed by atoms with E-state index < -0.39 is 11.7 Å². The topological polar surface area (TPSA) is 57.7 Å². The van der Waals surface area contributed by atoms with E-state index >= 15 is 0 Å². The van der Waals surface area contributed by atoms with Crippen LogP contribution in [0.25, 0.3) is 0 Å². The number of piperazine rings is 1. The number of amides is 2. The summed E-state index contributed by atoms with van der Waals surface area (Å²) in [7, 11) is 1.59. The lowest BCUT2D eigenvalue weighted by Crippen LogP contribution is -2.50. The number of hydrogen-bond acceptors (Lipinski definition) is 4. The van der Waals surface area contributed by atoms with Gasteiger partial charge in [0, 0.05) is 50.7 Å². The average molecular weight is 394 g/mol. The van der Waals surface area contributed by atoms with E-state index in [4.69, 9.17) is 4.74 Å². The Kier molecular flexibility index (Phi) is 6.03. The van der Waals surface area contributed by atoms with Crippen molar-refractivity contribution < 1.29 is 22.7 Å². The minimum Gasteiger partial charge on any atom is -0.380 e. The number of nitrogens with zero attached hydrogens (tertiary/aromatic N) is 3. The smallest absolute Gasteiger partial charge is 0.380 e. The fourth-order valence-corrected chi connectivity index (χ4v) is 3.00. The summed E-state index contributed by atoms with van der Waals surface area (Å²) in [5.41, 5.74) is 0.802. The van der Waals surface area contributed by atoms with Crippen molar-refractivity contribution in [2.75, 3.05) is 43.5 Å². The monoisotopic (exact) mass is 394 g/mol. The van der Waals surface area contributed by atoms with Crippen LogP contribution in [0.4, 0.5) is 29.5 Å². The quantitative estimate of drug-likeness (QED) is 0.861. The number of rotatable bonds is 4. The number of hydrogen-bond donors (Lipinski definition) is 1. The number of urea groups is 1. The van der Waals surface area contributed by atoms with Gasteiger partial charge >= 0.3 is 12.2 Å². The Morgan fingerprint density at radius 2 is 1.86 bits per heavy atom. The zero-order valence-corrected chi connectivity index (χ0v) is 15.4. The van der Waals surface area contributed by atoms with E-state index in [1.54, 1.807) is 12.0 Å². The van der Waals surface area contributed by atoms with Crippen LogP contribution in [0, 0.1) is 0 Å². The number of alkyl halides is 3. The number of halogens is 3. The number of anilines is 2. The lowest BCUT2D eigenvalue weighted by molar-refractivity contribution is -0.137. The number of nitrogens with one attached hydrogen (secondary N) is 1. The number of carbonyl (C=O) groups is 1. The summed E-state index contributed by atoms with van der Waals surface area (Å²) < 4.78 is 43.1. The highest BCUT2D eigenvalue weighted by Crippen LogP contribution is 2.29.